The summed E-state index contributed by atoms with van der Waals surface area (Å²) in [5.74, 6) is -0.652. The van der Waals surface area contributed by atoms with Crippen molar-refractivity contribution in [3.63, 3.8) is 0 Å². The van der Waals surface area contributed by atoms with E-state index >= 15 is 0 Å². The number of nitrogens with zero attached hydrogens (tertiary/aromatic N) is 1. The van der Waals surface area contributed by atoms with Gasteiger partial charge in [0.05, 0.1) is 5.16 Å². The van der Waals surface area contributed by atoms with E-state index < -0.39 is 30.0 Å². The lowest BCUT2D eigenvalue weighted by molar-refractivity contribution is 0.368. The highest BCUT2D eigenvalue weighted by Gasteiger charge is 2.43. The molecule has 23 heavy (non-hydrogen) atoms. The molecule has 0 bridgehead atoms. The average molecular weight is 388 g/mol. The van der Waals surface area contributed by atoms with Gasteiger partial charge >= 0.3 is 7.60 Å². The Balaban J connectivity index is 3.22. The highest BCUT2D eigenvalue weighted by molar-refractivity contribution is 7.78. The Kier molecular flexibility index (Phi) is 7.29. The minimum atomic E-state index is -3.43. The van der Waals surface area contributed by atoms with E-state index in [0.29, 0.717) is 6.42 Å². The van der Waals surface area contributed by atoms with Gasteiger partial charge in [-0.1, -0.05) is 30.3 Å². The van der Waals surface area contributed by atoms with Gasteiger partial charge in [-0.3, -0.25) is 4.57 Å². The molecule has 0 N–H and O–H groups in total. The Bertz CT molecular complexity index is 587. The molecule has 1 atom stereocenters. The Labute approximate surface area is 147 Å². The van der Waals surface area contributed by atoms with Crippen LogP contribution in [0.5, 0.6) is 0 Å². The molecule has 0 aliphatic carbocycles. The Hall–Kier alpha value is -0.396. The first-order valence-corrected chi connectivity index (χ1v) is 16.4. The highest BCUT2D eigenvalue weighted by Crippen LogP contribution is 2.58. The van der Waals surface area contributed by atoms with Gasteiger partial charge in [0.1, 0.15) is 0 Å². The molecule has 8 heteroatoms. The van der Waals surface area contributed by atoms with E-state index in [2.05, 4.69) is 10.2 Å². The maximum Gasteiger partial charge on any atom is 0.336 e. The standard InChI is InChI=1S/C15H26NO3PSSi2/c1-22(2,3)18-20(17,19-23(4,5)6)15(16-13-21)12-14-10-8-7-9-11-14/h7-11,15H,12H2,1-6H3. The first-order chi connectivity index (χ1) is 10.5. The van der Waals surface area contributed by atoms with Gasteiger partial charge in [0.2, 0.25) is 0 Å². The van der Waals surface area contributed by atoms with Crippen molar-refractivity contribution in [2.75, 3.05) is 0 Å². The van der Waals surface area contributed by atoms with Gasteiger partial charge in [0.15, 0.2) is 22.4 Å². The summed E-state index contributed by atoms with van der Waals surface area (Å²) in [6, 6.07) is 9.77. The van der Waals surface area contributed by atoms with Crippen LogP contribution in [0.15, 0.2) is 35.3 Å². The fourth-order valence-corrected chi connectivity index (χ4v) is 10.4. The van der Waals surface area contributed by atoms with Crippen molar-refractivity contribution in [2.45, 2.75) is 51.5 Å². The lowest BCUT2D eigenvalue weighted by atomic mass is 10.1. The summed E-state index contributed by atoms with van der Waals surface area (Å²) < 4.78 is 25.6. The molecule has 0 amide bonds. The molecule has 0 aliphatic rings. The van der Waals surface area contributed by atoms with Gasteiger partial charge < -0.3 is 8.43 Å². The first kappa shape index (κ1) is 20.6. The van der Waals surface area contributed by atoms with E-state index in [1.54, 1.807) is 0 Å². The van der Waals surface area contributed by atoms with Crippen molar-refractivity contribution in [3.05, 3.63) is 35.9 Å². The summed E-state index contributed by atoms with van der Waals surface area (Å²) in [5.41, 5.74) is 1.02. The van der Waals surface area contributed by atoms with E-state index in [1.165, 1.54) is 0 Å². The Morgan fingerprint density at radius 1 is 1.09 bits per heavy atom. The van der Waals surface area contributed by atoms with Crippen LogP contribution in [0.4, 0.5) is 0 Å². The smallest absolute Gasteiger partial charge is 0.336 e. The van der Waals surface area contributed by atoms with Gasteiger partial charge in [-0.25, -0.2) is 4.99 Å². The fourth-order valence-electron chi connectivity index (χ4n) is 2.02. The van der Waals surface area contributed by atoms with Gasteiger partial charge in [-0.05, 0) is 57.1 Å². The molecule has 0 aliphatic heterocycles. The zero-order valence-corrected chi connectivity index (χ0v) is 18.4. The molecule has 1 aromatic rings. The zero-order valence-electron chi connectivity index (χ0n) is 14.7. The second kappa shape index (κ2) is 8.12. The van der Waals surface area contributed by atoms with E-state index in [9.17, 15) is 4.57 Å². The number of thiocarbonyl (C=S) groups is 1. The summed E-state index contributed by atoms with van der Waals surface area (Å²) in [6.07, 6.45) is 0.455. The maximum atomic E-state index is 13.6. The van der Waals surface area contributed by atoms with Crippen LogP contribution < -0.4 is 0 Å². The van der Waals surface area contributed by atoms with Crippen LogP contribution >= 0.6 is 19.8 Å². The molecule has 1 aromatic carbocycles. The van der Waals surface area contributed by atoms with E-state index in [-0.39, 0.29) is 0 Å². The summed E-state index contributed by atoms with van der Waals surface area (Å²) in [4.78, 5) is 4.16. The van der Waals surface area contributed by atoms with Crippen molar-refractivity contribution in [3.8, 4) is 0 Å². The van der Waals surface area contributed by atoms with Crippen LogP contribution in [0.25, 0.3) is 0 Å². The quantitative estimate of drug-likeness (QED) is 0.254. The zero-order chi connectivity index (χ0) is 17.7. The van der Waals surface area contributed by atoms with Crippen LogP contribution in [0, 0.1) is 0 Å². The van der Waals surface area contributed by atoms with E-state index in [0.717, 1.165) is 5.56 Å². The third kappa shape index (κ3) is 7.81. The maximum absolute atomic E-state index is 13.6. The SMILES string of the molecule is C[Si](C)(C)OP(=O)(O[Si](C)(C)C)C(Cc1ccccc1)N=C=S. The molecule has 1 rings (SSSR count). The second-order valence-corrected chi connectivity index (χ2v) is 19.1. The number of aliphatic imine (C=N–C) groups is 1. The summed E-state index contributed by atoms with van der Waals surface area (Å²) >= 11 is 4.77. The predicted molar refractivity (Wildman–Crippen MR) is 105 cm³/mol. The molecule has 0 aromatic heterocycles. The van der Waals surface area contributed by atoms with E-state index in [1.807, 2.05) is 69.6 Å². The van der Waals surface area contributed by atoms with Crippen molar-refractivity contribution in [1.29, 1.82) is 0 Å². The average Bonchev–Trinajstić information content (AvgIpc) is 2.35. The molecular weight excluding hydrogens is 361 g/mol. The predicted octanol–water partition coefficient (Wildman–Crippen LogP) is 5.55. The minimum Gasteiger partial charge on any atom is -0.350 e. The summed E-state index contributed by atoms with van der Waals surface area (Å²) in [5, 5.41) is 2.37. The van der Waals surface area contributed by atoms with Gasteiger partial charge in [0, 0.05) is 6.42 Å². The molecule has 0 radical (unpaired) electrons. The van der Waals surface area contributed by atoms with Gasteiger partial charge in [0.25, 0.3) is 0 Å². The van der Waals surface area contributed by atoms with Crippen molar-refractivity contribution in [1.82, 2.24) is 0 Å². The summed E-state index contributed by atoms with van der Waals surface area (Å²) in [6.45, 7) is 12.0. The van der Waals surface area contributed by atoms with E-state index in [4.69, 9.17) is 20.6 Å². The molecule has 4 nitrogen and oxygen atoms in total. The lowest BCUT2D eigenvalue weighted by Gasteiger charge is -2.33. The molecule has 0 spiro atoms. The molecule has 1 unspecified atom stereocenters. The van der Waals surface area contributed by atoms with Crippen molar-refractivity contribution in [2.24, 2.45) is 4.99 Å². The number of hydrogen-bond donors (Lipinski definition) is 0. The molecule has 128 valence electrons. The highest BCUT2D eigenvalue weighted by atomic mass is 32.1. The van der Waals surface area contributed by atoms with Gasteiger partial charge in [-0.15, -0.1) is 0 Å². The number of rotatable bonds is 8. The summed E-state index contributed by atoms with van der Waals surface area (Å²) in [7, 11) is -7.61. The van der Waals surface area contributed by atoms with Gasteiger partial charge in [-0.2, -0.15) is 0 Å². The topological polar surface area (TPSA) is 47.9 Å². The van der Waals surface area contributed by atoms with Crippen LogP contribution in [0.1, 0.15) is 5.56 Å². The number of benzene rings is 1. The first-order valence-electron chi connectivity index (χ1n) is 7.57. The lowest BCUT2D eigenvalue weighted by Crippen LogP contribution is -2.33. The third-order valence-electron chi connectivity index (χ3n) is 2.63. The normalized spacial score (nSPS) is 14.2. The monoisotopic (exact) mass is 387 g/mol. The largest absolute Gasteiger partial charge is 0.350 e. The minimum absolute atomic E-state index is 0.455. The third-order valence-corrected chi connectivity index (χ3v) is 10.2. The van der Waals surface area contributed by atoms with Crippen LogP contribution in [-0.4, -0.2) is 27.6 Å². The number of isothiocyanates is 1. The van der Waals surface area contributed by atoms with Crippen LogP contribution in [0.3, 0.4) is 0 Å². The molecule has 0 heterocycles. The van der Waals surface area contributed by atoms with Crippen molar-refractivity contribution >= 4 is 41.6 Å². The fraction of sp³-hybridized carbons (Fsp3) is 0.533. The molecule has 0 saturated carbocycles. The number of hydrogen-bond acceptors (Lipinski definition) is 5. The Morgan fingerprint density at radius 3 is 1.96 bits per heavy atom. The Morgan fingerprint density at radius 2 is 1.57 bits per heavy atom. The van der Waals surface area contributed by atoms with Crippen LogP contribution in [-0.2, 0) is 19.4 Å². The van der Waals surface area contributed by atoms with Crippen molar-refractivity contribution < 1.29 is 13.0 Å². The van der Waals surface area contributed by atoms with Crippen LogP contribution in [0.2, 0.25) is 39.3 Å². The molecule has 0 fully saturated rings. The second-order valence-electron chi connectivity index (χ2n) is 7.34. The molecular formula is C15H26NO3PSSi2. The molecule has 0 saturated heterocycles.